The first-order valence-corrected chi connectivity index (χ1v) is 9.14. The summed E-state index contributed by atoms with van der Waals surface area (Å²) < 4.78 is 11.2. The molecule has 1 heterocycles. The SMILES string of the molecule is COc1ccccc1Oc1ccc(N2C(=O)[C@@H]3[C@@H](C2=O)[C@H]2C=C[C@H]3C2)cc1. The summed E-state index contributed by atoms with van der Waals surface area (Å²) in [5.74, 6) is 1.79. The molecule has 1 saturated carbocycles. The molecule has 2 fully saturated rings. The number of rotatable bonds is 4. The van der Waals surface area contributed by atoms with E-state index in [2.05, 4.69) is 12.2 Å². The van der Waals surface area contributed by atoms with Gasteiger partial charge in [0.1, 0.15) is 5.75 Å². The number of allylic oxidation sites excluding steroid dienone is 2. The minimum Gasteiger partial charge on any atom is -0.493 e. The third-order valence-corrected chi connectivity index (χ3v) is 5.86. The van der Waals surface area contributed by atoms with E-state index in [9.17, 15) is 9.59 Å². The largest absolute Gasteiger partial charge is 0.493 e. The smallest absolute Gasteiger partial charge is 0.238 e. The molecule has 136 valence electrons. The number of hydrogen-bond acceptors (Lipinski definition) is 4. The molecule has 5 nitrogen and oxygen atoms in total. The first-order valence-electron chi connectivity index (χ1n) is 9.14. The van der Waals surface area contributed by atoms with Gasteiger partial charge in [-0.2, -0.15) is 0 Å². The lowest BCUT2D eigenvalue weighted by atomic mass is 9.85. The van der Waals surface area contributed by atoms with Crippen LogP contribution in [0.5, 0.6) is 17.2 Å². The van der Waals surface area contributed by atoms with Crippen LogP contribution in [0.4, 0.5) is 5.69 Å². The number of fused-ring (bicyclic) bond motifs is 5. The Labute approximate surface area is 157 Å². The molecule has 5 rings (SSSR count). The molecule has 0 aromatic heterocycles. The van der Waals surface area contributed by atoms with Gasteiger partial charge in [-0.25, -0.2) is 0 Å². The highest BCUT2D eigenvalue weighted by molar-refractivity contribution is 6.22. The van der Waals surface area contributed by atoms with Gasteiger partial charge in [-0.05, 0) is 54.7 Å². The van der Waals surface area contributed by atoms with Crippen LogP contribution in [0.15, 0.2) is 60.7 Å². The van der Waals surface area contributed by atoms with Crippen LogP contribution >= 0.6 is 0 Å². The highest BCUT2D eigenvalue weighted by Gasteiger charge is 2.59. The zero-order valence-corrected chi connectivity index (χ0v) is 14.9. The Bertz CT molecular complexity index is 919. The van der Waals surface area contributed by atoms with Crippen molar-refractivity contribution in [2.45, 2.75) is 6.42 Å². The normalized spacial score (nSPS) is 28.0. The zero-order valence-electron chi connectivity index (χ0n) is 14.9. The molecule has 1 aliphatic heterocycles. The summed E-state index contributed by atoms with van der Waals surface area (Å²) in [5, 5.41) is 0. The molecular formula is C22H19NO4. The fourth-order valence-electron chi connectivity index (χ4n) is 4.65. The van der Waals surface area contributed by atoms with Gasteiger partial charge in [-0.15, -0.1) is 0 Å². The first-order chi connectivity index (χ1) is 13.2. The standard InChI is InChI=1S/C22H19NO4/c1-26-17-4-2-3-5-18(17)27-16-10-8-15(9-11-16)23-21(24)19-13-6-7-14(12-13)20(19)22(23)25/h2-11,13-14,19-20H,12H2,1H3/t13-,14-,19-,20-/m0/s1. The Morgan fingerprint density at radius 2 is 1.44 bits per heavy atom. The van der Waals surface area contributed by atoms with E-state index in [1.807, 2.05) is 24.3 Å². The fourth-order valence-corrected chi connectivity index (χ4v) is 4.65. The first kappa shape index (κ1) is 16.1. The van der Waals surface area contributed by atoms with Gasteiger partial charge in [0.2, 0.25) is 11.8 Å². The maximum atomic E-state index is 12.9. The Balaban J connectivity index is 1.38. The predicted octanol–water partition coefficient (Wildman–Crippen LogP) is 3.80. The van der Waals surface area contributed by atoms with E-state index in [4.69, 9.17) is 9.47 Å². The number of para-hydroxylation sites is 2. The van der Waals surface area contributed by atoms with E-state index >= 15 is 0 Å². The van der Waals surface area contributed by atoms with Gasteiger partial charge in [-0.3, -0.25) is 14.5 Å². The van der Waals surface area contributed by atoms with Crippen molar-refractivity contribution in [3.63, 3.8) is 0 Å². The molecule has 4 atom stereocenters. The van der Waals surface area contributed by atoms with Crippen LogP contribution in [0, 0.1) is 23.7 Å². The molecule has 0 N–H and O–H groups in total. The van der Waals surface area contributed by atoms with Crippen molar-refractivity contribution in [3.05, 3.63) is 60.7 Å². The number of carbonyl (C=O) groups is 2. The lowest BCUT2D eigenvalue weighted by Crippen LogP contribution is -2.32. The Kier molecular flexibility index (Phi) is 3.57. The molecule has 3 aliphatic rings. The van der Waals surface area contributed by atoms with E-state index in [0.717, 1.165) is 6.42 Å². The molecule has 2 aromatic carbocycles. The van der Waals surface area contributed by atoms with Crippen LogP contribution in [0.3, 0.4) is 0 Å². The summed E-state index contributed by atoms with van der Waals surface area (Å²) in [7, 11) is 1.59. The van der Waals surface area contributed by atoms with Crippen molar-refractivity contribution in [3.8, 4) is 17.2 Å². The molecule has 2 bridgehead atoms. The van der Waals surface area contributed by atoms with Gasteiger partial charge in [0.15, 0.2) is 11.5 Å². The molecule has 27 heavy (non-hydrogen) atoms. The van der Waals surface area contributed by atoms with E-state index in [0.29, 0.717) is 22.9 Å². The third-order valence-electron chi connectivity index (χ3n) is 5.86. The number of nitrogens with zero attached hydrogens (tertiary/aromatic N) is 1. The highest BCUT2D eigenvalue weighted by atomic mass is 16.5. The predicted molar refractivity (Wildman–Crippen MR) is 99.7 cm³/mol. The second-order valence-corrected chi connectivity index (χ2v) is 7.26. The third kappa shape index (κ3) is 2.38. The second kappa shape index (κ2) is 5.98. The molecule has 0 radical (unpaired) electrons. The van der Waals surface area contributed by atoms with Crippen LogP contribution in [0.1, 0.15) is 6.42 Å². The minimum atomic E-state index is -0.183. The van der Waals surface area contributed by atoms with Crippen molar-refractivity contribution in [1.82, 2.24) is 0 Å². The van der Waals surface area contributed by atoms with Crippen LogP contribution in [0.2, 0.25) is 0 Å². The van der Waals surface area contributed by atoms with Crippen molar-refractivity contribution in [2.75, 3.05) is 12.0 Å². The Morgan fingerprint density at radius 1 is 0.852 bits per heavy atom. The number of carbonyl (C=O) groups excluding carboxylic acids is 2. The fraction of sp³-hybridized carbons (Fsp3) is 0.273. The van der Waals surface area contributed by atoms with Crippen molar-refractivity contribution in [1.29, 1.82) is 0 Å². The second-order valence-electron chi connectivity index (χ2n) is 7.26. The van der Waals surface area contributed by atoms with Crippen LogP contribution in [-0.4, -0.2) is 18.9 Å². The van der Waals surface area contributed by atoms with Crippen molar-refractivity contribution < 1.29 is 19.1 Å². The number of amides is 2. The summed E-state index contributed by atoms with van der Waals surface area (Å²) >= 11 is 0. The maximum absolute atomic E-state index is 12.9. The van der Waals surface area contributed by atoms with Gasteiger partial charge < -0.3 is 9.47 Å². The highest BCUT2D eigenvalue weighted by Crippen LogP contribution is 2.53. The average Bonchev–Trinajstić information content (AvgIpc) is 3.37. The molecule has 0 spiro atoms. The minimum absolute atomic E-state index is 0.0692. The Morgan fingerprint density at radius 3 is 2.04 bits per heavy atom. The van der Waals surface area contributed by atoms with Crippen molar-refractivity contribution >= 4 is 17.5 Å². The summed E-state index contributed by atoms with van der Waals surface area (Å²) in [6.45, 7) is 0. The summed E-state index contributed by atoms with van der Waals surface area (Å²) in [4.78, 5) is 27.1. The van der Waals surface area contributed by atoms with Crippen LogP contribution < -0.4 is 14.4 Å². The van der Waals surface area contributed by atoms with Gasteiger partial charge >= 0.3 is 0 Å². The number of ether oxygens (including phenoxy) is 2. The summed E-state index contributed by atoms with van der Waals surface area (Å²) in [5.41, 5.74) is 0.603. The molecule has 0 unspecified atom stereocenters. The van der Waals surface area contributed by atoms with Gasteiger partial charge in [0.05, 0.1) is 24.6 Å². The molecule has 2 amide bonds. The molecule has 5 heteroatoms. The molecule has 2 aromatic rings. The summed E-state index contributed by atoms with van der Waals surface area (Å²) in [6, 6.07) is 14.4. The van der Waals surface area contributed by atoms with Crippen molar-refractivity contribution in [2.24, 2.45) is 23.7 Å². The Hall–Kier alpha value is -3.08. The lowest BCUT2D eigenvalue weighted by molar-refractivity contribution is -0.123. The van der Waals surface area contributed by atoms with Gasteiger partial charge in [0.25, 0.3) is 0 Å². The number of anilines is 1. The molecular weight excluding hydrogens is 342 g/mol. The number of imide groups is 1. The maximum Gasteiger partial charge on any atom is 0.238 e. The number of hydrogen-bond donors (Lipinski definition) is 0. The van der Waals surface area contributed by atoms with Crippen LogP contribution in [0.25, 0.3) is 0 Å². The topological polar surface area (TPSA) is 55.8 Å². The number of methoxy groups -OCH3 is 1. The van der Waals surface area contributed by atoms with Gasteiger partial charge in [0, 0.05) is 0 Å². The molecule has 1 saturated heterocycles. The quantitative estimate of drug-likeness (QED) is 0.614. The average molecular weight is 361 g/mol. The van der Waals surface area contributed by atoms with E-state index in [-0.39, 0.29) is 35.5 Å². The zero-order chi connectivity index (χ0) is 18.5. The monoisotopic (exact) mass is 361 g/mol. The van der Waals surface area contributed by atoms with E-state index < -0.39 is 0 Å². The number of benzene rings is 2. The van der Waals surface area contributed by atoms with Gasteiger partial charge in [-0.1, -0.05) is 24.3 Å². The van der Waals surface area contributed by atoms with E-state index in [1.165, 1.54) is 4.90 Å². The van der Waals surface area contributed by atoms with Crippen LogP contribution in [-0.2, 0) is 9.59 Å². The molecule has 2 aliphatic carbocycles. The van der Waals surface area contributed by atoms with E-state index in [1.54, 1.807) is 31.4 Å². The lowest BCUT2D eigenvalue weighted by Gasteiger charge is -2.18. The summed E-state index contributed by atoms with van der Waals surface area (Å²) in [6.07, 6.45) is 5.14.